The number of aliphatic hydroxyl groups excluding tert-OH is 2. The summed E-state index contributed by atoms with van der Waals surface area (Å²) in [6, 6.07) is 0. The lowest BCUT2D eigenvalue weighted by atomic mass is 9.71. The van der Waals surface area contributed by atoms with Crippen LogP contribution in [0.5, 0.6) is 0 Å². The normalized spacial score (nSPS) is 30.4. The van der Waals surface area contributed by atoms with E-state index >= 15 is 0 Å². The summed E-state index contributed by atoms with van der Waals surface area (Å²) in [4.78, 5) is 31.2. The van der Waals surface area contributed by atoms with Crippen molar-refractivity contribution in [2.75, 3.05) is 5.88 Å². The van der Waals surface area contributed by atoms with Crippen LogP contribution < -0.4 is 0 Å². The number of allylic oxidation sites excluding steroid dienone is 2. The van der Waals surface area contributed by atoms with Crippen LogP contribution in [0.1, 0.15) is 83.8 Å². The molecule has 2 heterocycles. The molecule has 212 valence electrons. The number of nitrogens with zero attached hydrogens (tertiary/aromatic N) is 1. The number of halogens is 1. The van der Waals surface area contributed by atoms with Crippen molar-refractivity contribution in [2.45, 2.75) is 98.4 Å². The maximum atomic E-state index is 13.7. The lowest BCUT2D eigenvalue weighted by molar-refractivity contribution is -0.154. The third kappa shape index (κ3) is 9.44. The zero-order valence-electron chi connectivity index (χ0n) is 23.6. The molecular formula is C30H44ClNO5S. The molecule has 0 aromatic carbocycles. The van der Waals surface area contributed by atoms with Gasteiger partial charge < -0.3 is 14.9 Å². The number of hydrogen-bond acceptors (Lipinski definition) is 7. The van der Waals surface area contributed by atoms with Gasteiger partial charge in [0.1, 0.15) is 11.9 Å². The van der Waals surface area contributed by atoms with E-state index in [1.807, 2.05) is 51.3 Å². The number of aliphatic hydroxyl groups is 2. The van der Waals surface area contributed by atoms with Crippen molar-refractivity contribution in [3.8, 4) is 0 Å². The lowest BCUT2D eigenvalue weighted by Crippen LogP contribution is -2.46. The molecule has 0 aliphatic carbocycles. The van der Waals surface area contributed by atoms with E-state index in [9.17, 15) is 19.8 Å². The monoisotopic (exact) mass is 565 g/mol. The molecule has 1 aromatic rings. The second kappa shape index (κ2) is 15.1. The number of carbonyl (C=O) groups excluding carboxylic acids is 2. The summed E-state index contributed by atoms with van der Waals surface area (Å²) in [6.07, 6.45) is 7.98. The molecular weight excluding hydrogens is 522 g/mol. The SMILES string of the molecule is C/C1=C/CC(/C(C)=C/c2csc(C)n2)OC(=O)C[C@H](O)C(C)(C)C(=O)C(CCCCCl)C(O)C(C)/C=C/C1. The van der Waals surface area contributed by atoms with E-state index in [-0.39, 0.29) is 18.1 Å². The van der Waals surface area contributed by atoms with Crippen molar-refractivity contribution in [3.05, 3.63) is 45.5 Å². The van der Waals surface area contributed by atoms with E-state index in [0.717, 1.165) is 28.3 Å². The average molecular weight is 566 g/mol. The highest BCUT2D eigenvalue weighted by Crippen LogP contribution is 2.34. The van der Waals surface area contributed by atoms with E-state index in [2.05, 4.69) is 11.1 Å². The van der Waals surface area contributed by atoms with Crippen LogP contribution in [-0.4, -0.2) is 51.1 Å². The molecule has 2 N–H and O–H groups in total. The van der Waals surface area contributed by atoms with Crippen LogP contribution in [0, 0.1) is 24.2 Å². The third-order valence-electron chi connectivity index (χ3n) is 7.37. The number of alkyl halides is 1. The molecule has 2 rings (SSSR count). The maximum Gasteiger partial charge on any atom is 0.309 e. The van der Waals surface area contributed by atoms with Crippen LogP contribution in [0.25, 0.3) is 6.08 Å². The van der Waals surface area contributed by atoms with Gasteiger partial charge in [-0.25, -0.2) is 4.98 Å². The number of rotatable bonds is 6. The van der Waals surface area contributed by atoms with Gasteiger partial charge in [-0.05, 0) is 51.7 Å². The van der Waals surface area contributed by atoms with Crippen LogP contribution in [0.3, 0.4) is 0 Å². The highest BCUT2D eigenvalue weighted by molar-refractivity contribution is 7.09. The largest absolute Gasteiger partial charge is 0.457 e. The summed E-state index contributed by atoms with van der Waals surface area (Å²) < 4.78 is 5.85. The first kappa shape index (κ1) is 32.4. The molecule has 0 saturated carbocycles. The van der Waals surface area contributed by atoms with Gasteiger partial charge >= 0.3 is 5.97 Å². The molecule has 1 aliphatic heterocycles. The molecule has 0 amide bonds. The molecule has 6 nitrogen and oxygen atoms in total. The van der Waals surface area contributed by atoms with E-state index < -0.39 is 35.6 Å². The maximum absolute atomic E-state index is 13.7. The Balaban J connectivity index is 2.39. The van der Waals surface area contributed by atoms with Gasteiger partial charge in [-0.15, -0.1) is 22.9 Å². The van der Waals surface area contributed by atoms with Gasteiger partial charge in [0.2, 0.25) is 0 Å². The molecule has 8 heteroatoms. The zero-order chi connectivity index (χ0) is 28.5. The minimum atomic E-state index is -1.26. The first-order chi connectivity index (χ1) is 17.9. The summed E-state index contributed by atoms with van der Waals surface area (Å²) in [6.45, 7) is 11.0. The zero-order valence-corrected chi connectivity index (χ0v) is 25.1. The highest BCUT2D eigenvalue weighted by Gasteiger charge is 2.43. The number of ketones is 1. The lowest BCUT2D eigenvalue weighted by Gasteiger charge is -2.35. The Hall–Kier alpha value is -1.80. The summed E-state index contributed by atoms with van der Waals surface area (Å²) in [5.41, 5.74) is 1.52. The van der Waals surface area contributed by atoms with Gasteiger partial charge in [0.05, 0.1) is 34.7 Å². The summed E-state index contributed by atoms with van der Waals surface area (Å²) in [7, 11) is 0. The number of hydrogen-bond donors (Lipinski definition) is 2. The fourth-order valence-electron chi connectivity index (χ4n) is 4.62. The molecule has 38 heavy (non-hydrogen) atoms. The van der Waals surface area contributed by atoms with Crippen LogP contribution >= 0.6 is 22.9 Å². The molecule has 1 aromatic heterocycles. The highest BCUT2D eigenvalue weighted by atomic mass is 35.5. The van der Waals surface area contributed by atoms with Crippen LogP contribution in [0.2, 0.25) is 0 Å². The standard InChI is InChI=1S/C30H44ClNO5S/c1-19-10-9-11-20(2)28(35)24(12-7-8-15-31)29(36)30(5,6)26(33)17-27(34)37-25(14-13-19)21(3)16-23-18-38-22(4)32-23/h9,11,13,16,18,20,24-26,28,33,35H,7-8,10,12,14-15,17H2,1-6H3/b11-9+,19-13-,21-16+/t20?,24?,25?,26-,28?/m0/s1. The smallest absolute Gasteiger partial charge is 0.309 e. The third-order valence-corrected chi connectivity index (χ3v) is 8.43. The minimum absolute atomic E-state index is 0.252. The second-order valence-corrected chi connectivity index (χ2v) is 12.5. The summed E-state index contributed by atoms with van der Waals surface area (Å²) in [5, 5.41) is 25.1. The summed E-state index contributed by atoms with van der Waals surface area (Å²) in [5.74, 6) is -1.28. The predicted molar refractivity (Wildman–Crippen MR) is 155 cm³/mol. The number of carbonyl (C=O) groups is 2. The number of aromatic nitrogens is 1. The van der Waals surface area contributed by atoms with E-state index in [0.29, 0.717) is 31.6 Å². The van der Waals surface area contributed by atoms with Crippen molar-refractivity contribution < 1.29 is 24.5 Å². The first-order valence-electron chi connectivity index (χ1n) is 13.4. The van der Waals surface area contributed by atoms with Crippen LogP contribution in [0.4, 0.5) is 0 Å². The molecule has 1 aliphatic rings. The molecule has 4 unspecified atom stereocenters. The Bertz CT molecular complexity index is 1030. The van der Waals surface area contributed by atoms with Crippen molar-refractivity contribution in [2.24, 2.45) is 17.3 Å². The molecule has 0 radical (unpaired) electrons. The number of Topliss-reactive ketones (excluding diaryl/α,β-unsaturated/α-hetero) is 1. The fourth-order valence-corrected chi connectivity index (χ4v) is 5.38. The van der Waals surface area contributed by atoms with Gasteiger partial charge in [-0.2, -0.15) is 0 Å². The Morgan fingerprint density at radius 1 is 1.26 bits per heavy atom. The Kier molecular flexibility index (Phi) is 12.9. The van der Waals surface area contributed by atoms with Crippen molar-refractivity contribution in [1.29, 1.82) is 0 Å². The molecule has 0 bridgehead atoms. The van der Waals surface area contributed by atoms with Gasteiger partial charge in [0.15, 0.2) is 0 Å². The minimum Gasteiger partial charge on any atom is -0.457 e. The van der Waals surface area contributed by atoms with E-state index in [1.165, 1.54) is 0 Å². The van der Waals surface area contributed by atoms with Gasteiger partial charge in [-0.1, -0.05) is 51.0 Å². The molecule has 0 fully saturated rings. The van der Waals surface area contributed by atoms with Gasteiger partial charge in [0.25, 0.3) is 0 Å². The first-order valence-corrected chi connectivity index (χ1v) is 14.9. The van der Waals surface area contributed by atoms with Gasteiger partial charge in [-0.3, -0.25) is 9.59 Å². The second-order valence-electron chi connectivity index (χ2n) is 11.0. The van der Waals surface area contributed by atoms with Crippen molar-refractivity contribution in [3.63, 3.8) is 0 Å². The Labute approximate surface area is 236 Å². The number of cyclic esters (lactones) is 1. The van der Waals surface area contributed by atoms with E-state index in [1.54, 1.807) is 25.2 Å². The van der Waals surface area contributed by atoms with Crippen molar-refractivity contribution in [1.82, 2.24) is 4.98 Å². The van der Waals surface area contributed by atoms with Crippen LogP contribution in [0.15, 0.2) is 34.8 Å². The number of unbranched alkanes of at least 4 members (excludes halogenated alkanes) is 1. The molecule has 0 spiro atoms. The number of aryl methyl sites for hydroxylation is 1. The number of esters is 1. The Morgan fingerprint density at radius 2 is 1.97 bits per heavy atom. The Morgan fingerprint density at radius 3 is 2.61 bits per heavy atom. The van der Waals surface area contributed by atoms with Crippen molar-refractivity contribution >= 4 is 40.8 Å². The van der Waals surface area contributed by atoms with E-state index in [4.69, 9.17) is 16.3 Å². The quantitative estimate of drug-likeness (QED) is 0.178. The fraction of sp³-hybridized carbons (Fsp3) is 0.633. The average Bonchev–Trinajstić information content (AvgIpc) is 3.27. The number of ether oxygens (including phenoxy) is 1. The molecule has 0 saturated heterocycles. The van der Waals surface area contributed by atoms with Crippen LogP contribution in [-0.2, 0) is 14.3 Å². The topological polar surface area (TPSA) is 96.7 Å². The van der Waals surface area contributed by atoms with Gasteiger partial charge in [0, 0.05) is 29.5 Å². The molecule has 5 atom stereocenters. The summed E-state index contributed by atoms with van der Waals surface area (Å²) >= 11 is 7.41. The number of thiazole rings is 1. The predicted octanol–water partition coefficient (Wildman–Crippen LogP) is 6.43.